The van der Waals surface area contributed by atoms with Gasteiger partial charge in [0.05, 0.1) is 7.11 Å². The van der Waals surface area contributed by atoms with Gasteiger partial charge in [0.1, 0.15) is 0 Å². The van der Waals surface area contributed by atoms with Gasteiger partial charge in [-0.15, -0.1) is 0 Å². The fourth-order valence-corrected chi connectivity index (χ4v) is 2.02. The maximum atomic E-state index is 11.2. The monoisotopic (exact) mass is 215 g/mol. The summed E-state index contributed by atoms with van der Waals surface area (Å²) in [5, 5.41) is 8.70. The van der Waals surface area contributed by atoms with Crippen LogP contribution in [-0.2, 0) is 9.53 Å². The van der Waals surface area contributed by atoms with Gasteiger partial charge in [0.2, 0.25) is 0 Å². The van der Waals surface area contributed by atoms with Crippen LogP contribution in [0.5, 0.6) is 0 Å². The molecule has 1 rings (SSSR count). The van der Waals surface area contributed by atoms with Gasteiger partial charge in [0.25, 0.3) is 0 Å². The molecule has 0 bridgehead atoms. The van der Waals surface area contributed by atoms with Gasteiger partial charge < -0.3 is 14.7 Å². The molecule has 1 aliphatic rings. The molecule has 1 saturated heterocycles. The van der Waals surface area contributed by atoms with Crippen molar-refractivity contribution < 1.29 is 19.4 Å². The van der Waals surface area contributed by atoms with Crippen molar-refractivity contribution in [1.82, 2.24) is 4.90 Å². The number of methoxy groups -OCH3 is 1. The summed E-state index contributed by atoms with van der Waals surface area (Å²) in [5.41, 5.74) is 0. The molecule has 1 amide bonds. The summed E-state index contributed by atoms with van der Waals surface area (Å²) in [5.74, 6) is -0.379. The van der Waals surface area contributed by atoms with Crippen molar-refractivity contribution in [2.24, 2.45) is 11.8 Å². The first-order valence-corrected chi connectivity index (χ1v) is 5.09. The number of amides is 1. The van der Waals surface area contributed by atoms with Crippen LogP contribution in [-0.4, -0.2) is 42.3 Å². The molecular weight excluding hydrogens is 198 g/mol. The van der Waals surface area contributed by atoms with Crippen LogP contribution in [0.3, 0.4) is 0 Å². The second-order valence-electron chi connectivity index (χ2n) is 4.04. The van der Waals surface area contributed by atoms with Gasteiger partial charge >= 0.3 is 12.1 Å². The first-order valence-electron chi connectivity index (χ1n) is 5.09. The van der Waals surface area contributed by atoms with Crippen LogP contribution in [0, 0.1) is 11.8 Å². The average molecular weight is 215 g/mol. The van der Waals surface area contributed by atoms with Gasteiger partial charge in [-0.2, -0.15) is 0 Å². The molecule has 5 heteroatoms. The first-order chi connectivity index (χ1) is 7.04. The molecule has 5 nitrogen and oxygen atoms in total. The summed E-state index contributed by atoms with van der Waals surface area (Å²) in [4.78, 5) is 23.4. The van der Waals surface area contributed by atoms with Gasteiger partial charge in [0, 0.05) is 19.5 Å². The Balaban J connectivity index is 2.47. The minimum Gasteiger partial charge on any atom is -0.481 e. The molecule has 1 heterocycles. The van der Waals surface area contributed by atoms with E-state index in [-0.39, 0.29) is 24.3 Å². The molecule has 0 unspecified atom stereocenters. The molecule has 0 aliphatic carbocycles. The van der Waals surface area contributed by atoms with E-state index < -0.39 is 5.97 Å². The molecule has 0 radical (unpaired) electrons. The highest BCUT2D eigenvalue weighted by Gasteiger charge is 2.30. The molecule has 0 saturated carbocycles. The lowest BCUT2D eigenvalue weighted by Gasteiger charge is -2.35. The summed E-state index contributed by atoms with van der Waals surface area (Å²) in [6.45, 7) is 3.16. The number of carboxylic acid groups (broad SMARTS) is 1. The van der Waals surface area contributed by atoms with Crippen molar-refractivity contribution in [2.45, 2.75) is 19.8 Å². The van der Waals surface area contributed by atoms with Gasteiger partial charge in [-0.1, -0.05) is 6.92 Å². The number of ether oxygens (including phenoxy) is 1. The van der Waals surface area contributed by atoms with Crippen LogP contribution in [0.1, 0.15) is 19.8 Å². The van der Waals surface area contributed by atoms with Crippen LogP contribution >= 0.6 is 0 Å². The Morgan fingerprint density at radius 3 is 2.67 bits per heavy atom. The Labute approximate surface area is 89.0 Å². The van der Waals surface area contributed by atoms with Crippen molar-refractivity contribution in [3.63, 3.8) is 0 Å². The molecule has 15 heavy (non-hydrogen) atoms. The third-order valence-electron chi connectivity index (χ3n) is 2.95. The number of likely N-dealkylation sites (tertiary alicyclic amines) is 1. The Morgan fingerprint density at radius 1 is 1.53 bits per heavy atom. The third kappa shape index (κ3) is 3.11. The van der Waals surface area contributed by atoms with E-state index in [0.717, 1.165) is 6.42 Å². The second-order valence-corrected chi connectivity index (χ2v) is 4.04. The number of hydrogen-bond acceptors (Lipinski definition) is 3. The highest BCUT2D eigenvalue weighted by Crippen LogP contribution is 2.26. The smallest absolute Gasteiger partial charge is 0.409 e. The van der Waals surface area contributed by atoms with E-state index in [1.165, 1.54) is 7.11 Å². The van der Waals surface area contributed by atoms with E-state index in [2.05, 4.69) is 4.74 Å². The molecule has 0 aromatic heterocycles. The Kier molecular flexibility index (Phi) is 3.94. The van der Waals surface area contributed by atoms with Gasteiger partial charge in [-0.05, 0) is 18.3 Å². The van der Waals surface area contributed by atoms with Gasteiger partial charge in [-0.3, -0.25) is 4.79 Å². The zero-order chi connectivity index (χ0) is 11.4. The molecule has 1 fully saturated rings. The number of carbonyl (C=O) groups is 2. The largest absolute Gasteiger partial charge is 0.481 e. The fraction of sp³-hybridized carbons (Fsp3) is 0.800. The lowest BCUT2D eigenvalue weighted by molar-refractivity contribution is -0.138. The second kappa shape index (κ2) is 5.00. The molecular formula is C10H17NO4. The standard InChI is InChI=1S/C10H17NO4/c1-7-6-11(10(14)15-2)4-3-8(7)5-9(12)13/h7-8H,3-6H2,1-2H3,(H,12,13)/t7-,8-/m0/s1. The molecule has 2 atom stereocenters. The Morgan fingerprint density at radius 2 is 2.20 bits per heavy atom. The van der Waals surface area contributed by atoms with Crippen molar-refractivity contribution in [1.29, 1.82) is 0 Å². The number of piperidine rings is 1. The van der Waals surface area contributed by atoms with Crippen LogP contribution in [0.2, 0.25) is 0 Å². The van der Waals surface area contributed by atoms with Crippen LogP contribution in [0.25, 0.3) is 0 Å². The van der Waals surface area contributed by atoms with E-state index >= 15 is 0 Å². The van der Waals surface area contributed by atoms with E-state index in [0.29, 0.717) is 13.1 Å². The predicted molar refractivity (Wildman–Crippen MR) is 53.5 cm³/mol. The zero-order valence-electron chi connectivity index (χ0n) is 9.10. The minimum atomic E-state index is -0.765. The first kappa shape index (κ1) is 11.8. The maximum absolute atomic E-state index is 11.2. The van der Waals surface area contributed by atoms with Crippen molar-refractivity contribution in [3.05, 3.63) is 0 Å². The zero-order valence-corrected chi connectivity index (χ0v) is 9.10. The Bertz CT molecular complexity index is 254. The maximum Gasteiger partial charge on any atom is 0.409 e. The predicted octanol–water partition coefficient (Wildman–Crippen LogP) is 1.19. The van der Waals surface area contributed by atoms with E-state index in [9.17, 15) is 9.59 Å². The summed E-state index contributed by atoms with van der Waals surface area (Å²) in [6.07, 6.45) is 0.606. The van der Waals surface area contributed by atoms with Crippen molar-refractivity contribution in [3.8, 4) is 0 Å². The fourth-order valence-electron chi connectivity index (χ4n) is 2.02. The number of rotatable bonds is 2. The quantitative estimate of drug-likeness (QED) is 0.751. The summed E-state index contributed by atoms with van der Waals surface area (Å²) >= 11 is 0. The Hall–Kier alpha value is -1.26. The topological polar surface area (TPSA) is 66.8 Å². The summed E-state index contributed by atoms with van der Waals surface area (Å²) in [6, 6.07) is 0. The normalized spacial score (nSPS) is 26.1. The van der Waals surface area contributed by atoms with E-state index in [4.69, 9.17) is 5.11 Å². The molecule has 1 N–H and O–H groups in total. The molecule has 0 aromatic carbocycles. The van der Waals surface area contributed by atoms with Crippen molar-refractivity contribution in [2.75, 3.05) is 20.2 Å². The number of nitrogens with zero attached hydrogens (tertiary/aromatic N) is 1. The van der Waals surface area contributed by atoms with E-state index in [1.807, 2.05) is 6.92 Å². The number of hydrogen-bond donors (Lipinski definition) is 1. The molecule has 0 spiro atoms. The number of carboxylic acids is 1. The van der Waals surface area contributed by atoms with Crippen LogP contribution in [0.4, 0.5) is 4.79 Å². The third-order valence-corrected chi connectivity index (χ3v) is 2.95. The minimum absolute atomic E-state index is 0.170. The summed E-state index contributed by atoms with van der Waals surface area (Å²) in [7, 11) is 1.36. The molecule has 86 valence electrons. The highest BCUT2D eigenvalue weighted by molar-refractivity contribution is 5.68. The molecule has 0 aromatic rings. The van der Waals surface area contributed by atoms with E-state index in [1.54, 1.807) is 4.90 Å². The van der Waals surface area contributed by atoms with Crippen LogP contribution < -0.4 is 0 Å². The molecule has 1 aliphatic heterocycles. The van der Waals surface area contributed by atoms with Crippen molar-refractivity contribution >= 4 is 12.1 Å². The average Bonchev–Trinajstić information content (AvgIpc) is 2.19. The SMILES string of the molecule is COC(=O)N1CC[C@@H](CC(=O)O)[C@@H](C)C1. The summed E-state index contributed by atoms with van der Waals surface area (Å²) < 4.78 is 4.63. The highest BCUT2D eigenvalue weighted by atomic mass is 16.5. The lowest BCUT2D eigenvalue weighted by atomic mass is 9.85. The van der Waals surface area contributed by atoms with Crippen LogP contribution in [0.15, 0.2) is 0 Å². The number of aliphatic carboxylic acids is 1. The number of carbonyl (C=O) groups excluding carboxylic acids is 1. The van der Waals surface area contributed by atoms with Gasteiger partial charge in [-0.25, -0.2) is 4.79 Å². The van der Waals surface area contributed by atoms with Gasteiger partial charge in [0.15, 0.2) is 0 Å². The lowest BCUT2D eigenvalue weighted by Crippen LogP contribution is -2.43.